The van der Waals surface area contributed by atoms with Gasteiger partial charge < -0.3 is 5.32 Å². The average molecular weight is 281 g/mol. The zero-order valence-corrected chi connectivity index (χ0v) is 12.2. The quantitative estimate of drug-likeness (QED) is 0.895. The molecule has 0 aliphatic rings. The van der Waals surface area contributed by atoms with Gasteiger partial charge in [0.15, 0.2) is 0 Å². The van der Waals surface area contributed by atoms with Crippen molar-refractivity contribution >= 4 is 22.9 Å². The van der Waals surface area contributed by atoms with Gasteiger partial charge in [-0.3, -0.25) is 4.98 Å². The van der Waals surface area contributed by atoms with Crippen LogP contribution in [0.25, 0.3) is 0 Å². The molecule has 0 bridgehead atoms. The Labute approximate surface area is 117 Å². The van der Waals surface area contributed by atoms with Crippen LogP contribution in [0.5, 0.6) is 0 Å². The lowest BCUT2D eigenvalue weighted by Crippen LogP contribution is -2.23. The maximum absolute atomic E-state index is 5.99. The van der Waals surface area contributed by atoms with Crippen LogP contribution in [0.2, 0.25) is 4.34 Å². The van der Waals surface area contributed by atoms with E-state index < -0.39 is 0 Å². The fourth-order valence-corrected chi connectivity index (χ4v) is 3.21. The average Bonchev–Trinajstić information content (AvgIpc) is 2.75. The molecule has 0 aromatic carbocycles. The van der Waals surface area contributed by atoms with Gasteiger partial charge in [-0.2, -0.15) is 0 Å². The molecule has 0 saturated carbocycles. The summed E-state index contributed by atoms with van der Waals surface area (Å²) < 4.78 is 0.853. The highest BCUT2D eigenvalue weighted by atomic mass is 35.5. The molecule has 0 fully saturated rings. The first-order chi connectivity index (χ1) is 8.70. The molecule has 0 radical (unpaired) electrons. The molecule has 1 N–H and O–H groups in total. The van der Waals surface area contributed by atoms with Crippen molar-refractivity contribution in [1.82, 2.24) is 10.3 Å². The van der Waals surface area contributed by atoms with Gasteiger partial charge in [-0.05, 0) is 42.8 Å². The van der Waals surface area contributed by atoms with E-state index in [4.69, 9.17) is 11.6 Å². The number of halogens is 1. The number of pyridine rings is 1. The minimum Gasteiger partial charge on any atom is -0.310 e. The van der Waals surface area contributed by atoms with Crippen LogP contribution < -0.4 is 5.32 Å². The summed E-state index contributed by atoms with van der Waals surface area (Å²) in [6.45, 7) is 5.19. The number of nitrogens with zero attached hydrogens (tertiary/aromatic N) is 1. The second kappa shape index (κ2) is 6.32. The van der Waals surface area contributed by atoms with Crippen LogP contribution in [0, 0.1) is 6.92 Å². The van der Waals surface area contributed by atoms with Crippen molar-refractivity contribution in [3.05, 3.63) is 50.9 Å². The van der Waals surface area contributed by atoms with E-state index in [-0.39, 0.29) is 0 Å². The molecule has 2 aromatic heterocycles. The van der Waals surface area contributed by atoms with Crippen LogP contribution >= 0.6 is 22.9 Å². The maximum atomic E-state index is 5.99. The Morgan fingerprint density at radius 2 is 2.22 bits per heavy atom. The molecule has 2 rings (SSSR count). The molecule has 2 nitrogen and oxygen atoms in total. The molecule has 0 aliphatic carbocycles. The topological polar surface area (TPSA) is 24.9 Å². The highest BCUT2D eigenvalue weighted by Crippen LogP contribution is 2.27. The van der Waals surface area contributed by atoms with E-state index in [1.54, 1.807) is 11.3 Å². The summed E-state index contributed by atoms with van der Waals surface area (Å²) >= 11 is 7.64. The molecular formula is C14H17ClN2S. The Morgan fingerprint density at radius 1 is 1.39 bits per heavy atom. The highest BCUT2D eigenvalue weighted by molar-refractivity contribution is 7.16. The summed E-state index contributed by atoms with van der Waals surface area (Å²) in [5.41, 5.74) is 2.54. The third-order valence-corrected chi connectivity index (χ3v) is 4.18. The zero-order valence-electron chi connectivity index (χ0n) is 10.6. The second-order valence-corrected chi connectivity index (χ2v) is 6.05. The first-order valence-corrected chi connectivity index (χ1v) is 7.28. The van der Waals surface area contributed by atoms with E-state index in [0.29, 0.717) is 6.04 Å². The molecular weight excluding hydrogens is 264 g/mol. The van der Waals surface area contributed by atoms with Gasteiger partial charge in [0.25, 0.3) is 0 Å². The summed E-state index contributed by atoms with van der Waals surface area (Å²) in [6.07, 6.45) is 4.74. The third-order valence-electron chi connectivity index (χ3n) is 2.92. The van der Waals surface area contributed by atoms with Gasteiger partial charge in [0, 0.05) is 29.7 Å². The molecule has 1 unspecified atom stereocenters. The predicted molar refractivity (Wildman–Crippen MR) is 78.4 cm³/mol. The van der Waals surface area contributed by atoms with Crippen molar-refractivity contribution in [2.45, 2.75) is 26.3 Å². The van der Waals surface area contributed by atoms with Gasteiger partial charge >= 0.3 is 0 Å². The summed E-state index contributed by atoms with van der Waals surface area (Å²) in [5.74, 6) is 0. The van der Waals surface area contributed by atoms with Crippen molar-refractivity contribution in [2.75, 3.05) is 6.54 Å². The predicted octanol–water partition coefficient (Wildman–Crippen LogP) is 4.00. The Balaban J connectivity index is 2.20. The first kappa shape index (κ1) is 13.5. The third kappa shape index (κ3) is 3.31. The Morgan fingerprint density at radius 3 is 2.83 bits per heavy atom. The van der Waals surface area contributed by atoms with Crippen molar-refractivity contribution in [1.29, 1.82) is 0 Å². The fourth-order valence-electron chi connectivity index (χ4n) is 2.08. The van der Waals surface area contributed by atoms with Crippen LogP contribution in [-0.2, 0) is 6.42 Å². The number of hydrogen-bond donors (Lipinski definition) is 1. The number of likely N-dealkylation sites (N-methyl/N-ethyl adjacent to an activating group) is 1. The standard InChI is InChI=1S/C14H17ClN2S/c1-3-17-13(8-11-4-5-14(15)18-11)12-6-7-16-9-10(12)2/h4-7,9,13,17H,3,8H2,1-2H3. The molecule has 1 atom stereocenters. The Hall–Kier alpha value is -0.900. The van der Waals surface area contributed by atoms with E-state index in [1.165, 1.54) is 16.0 Å². The highest BCUT2D eigenvalue weighted by Gasteiger charge is 2.14. The lowest BCUT2D eigenvalue weighted by Gasteiger charge is -2.19. The molecule has 96 valence electrons. The van der Waals surface area contributed by atoms with Gasteiger partial charge in [0.1, 0.15) is 0 Å². The molecule has 0 amide bonds. The molecule has 0 aliphatic heterocycles. The minimum absolute atomic E-state index is 0.327. The normalized spacial score (nSPS) is 12.6. The van der Waals surface area contributed by atoms with Crippen LogP contribution in [-0.4, -0.2) is 11.5 Å². The number of rotatable bonds is 5. The fraction of sp³-hybridized carbons (Fsp3) is 0.357. The summed E-state index contributed by atoms with van der Waals surface area (Å²) in [6, 6.07) is 6.49. The SMILES string of the molecule is CCNC(Cc1ccc(Cl)s1)c1ccncc1C. The Bertz CT molecular complexity index is 510. The van der Waals surface area contributed by atoms with E-state index in [9.17, 15) is 0 Å². The number of aryl methyl sites for hydroxylation is 1. The van der Waals surface area contributed by atoms with Gasteiger partial charge in [-0.25, -0.2) is 0 Å². The van der Waals surface area contributed by atoms with Gasteiger partial charge in [0.05, 0.1) is 4.34 Å². The molecule has 4 heteroatoms. The van der Waals surface area contributed by atoms with Crippen molar-refractivity contribution in [2.24, 2.45) is 0 Å². The Kier molecular flexibility index (Phi) is 4.75. The smallest absolute Gasteiger partial charge is 0.0931 e. The van der Waals surface area contributed by atoms with Crippen LogP contribution in [0.3, 0.4) is 0 Å². The van der Waals surface area contributed by atoms with Crippen LogP contribution in [0.4, 0.5) is 0 Å². The molecule has 2 aromatic rings. The molecule has 18 heavy (non-hydrogen) atoms. The van der Waals surface area contributed by atoms with Crippen LogP contribution in [0.1, 0.15) is 29.0 Å². The van der Waals surface area contributed by atoms with Gasteiger partial charge in [-0.15, -0.1) is 11.3 Å². The van der Waals surface area contributed by atoms with Crippen molar-refractivity contribution < 1.29 is 0 Å². The number of nitrogens with one attached hydrogen (secondary N) is 1. The largest absolute Gasteiger partial charge is 0.310 e. The molecule has 2 heterocycles. The number of thiophene rings is 1. The molecule has 0 spiro atoms. The number of aromatic nitrogens is 1. The van der Waals surface area contributed by atoms with Crippen molar-refractivity contribution in [3.8, 4) is 0 Å². The van der Waals surface area contributed by atoms with Gasteiger partial charge in [0.2, 0.25) is 0 Å². The second-order valence-electron chi connectivity index (χ2n) is 4.25. The van der Waals surface area contributed by atoms with E-state index >= 15 is 0 Å². The minimum atomic E-state index is 0.327. The molecule has 0 saturated heterocycles. The summed E-state index contributed by atoms with van der Waals surface area (Å²) in [7, 11) is 0. The summed E-state index contributed by atoms with van der Waals surface area (Å²) in [5, 5.41) is 3.53. The zero-order chi connectivity index (χ0) is 13.0. The van der Waals surface area contributed by atoms with Crippen LogP contribution in [0.15, 0.2) is 30.6 Å². The van der Waals surface area contributed by atoms with Crippen molar-refractivity contribution in [3.63, 3.8) is 0 Å². The first-order valence-electron chi connectivity index (χ1n) is 6.08. The van der Waals surface area contributed by atoms with E-state index in [1.807, 2.05) is 18.5 Å². The monoisotopic (exact) mass is 280 g/mol. The van der Waals surface area contributed by atoms with E-state index in [0.717, 1.165) is 17.3 Å². The summed E-state index contributed by atoms with van der Waals surface area (Å²) in [4.78, 5) is 5.46. The lowest BCUT2D eigenvalue weighted by molar-refractivity contribution is 0.550. The lowest BCUT2D eigenvalue weighted by atomic mass is 10.00. The van der Waals surface area contributed by atoms with Gasteiger partial charge in [-0.1, -0.05) is 18.5 Å². The number of hydrogen-bond acceptors (Lipinski definition) is 3. The maximum Gasteiger partial charge on any atom is 0.0931 e. The van der Waals surface area contributed by atoms with E-state index in [2.05, 4.69) is 36.3 Å².